The molecule has 0 bridgehead atoms. The summed E-state index contributed by atoms with van der Waals surface area (Å²) in [4.78, 5) is 15.1. The molecule has 2 aromatic rings. The van der Waals surface area contributed by atoms with Gasteiger partial charge in [-0.05, 0) is 50.1 Å². The zero-order valence-corrected chi connectivity index (χ0v) is 16.2. The number of hydrogen-bond acceptors (Lipinski definition) is 3. The van der Waals surface area contributed by atoms with Crippen LogP contribution < -0.4 is 5.32 Å². The van der Waals surface area contributed by atoms with Gasteiger partial charge in [0.25, 0.3) is 5.91 Å². The first-order chi connectivity index (χ1) is 13.2. The summed E-state index contributed by atoms with van der Waals surface area (Å²) in [6, 6.07) is 10.9. The normalized spacial score (nSPS) is 18.0. The van der Waals surface area contributed by atoms with Crippen LogP contribution in [0.4, 0.5) is 0 Å². The Kier molecular flexibility index (Phi) is 5.58. The van der Waals surface area contributed by atoms with Gasteiger partial charge < -0.3 is 10.2 Å². The first-order valence-corrected chi connectivity index (χ1v) is 10.4. The lowest BCUT2D eigenvalue weighted by molar-refractivity contribution is 0.0703. The molecule has 1 saturated carbocycles. The summed E-state index contributed by atoms with van der Waals surface area (Å²) >= 11 is 0. The van der Waals surface area contributed by atoms with Crippen molar-refractivity contribution in [1.29, 1.82) is 0 Å². The van der Waals surface area contributed by atoms with Gasteiger partial charge >= 0.3 is 0 Å². The van der Waals surface area contributed by atoms with Crippen molar-refractivity contribution in [2.45, 2.75) is 51.6 Å². The largest absolute Gasteiger partial charge is 0.338 e. The number of carbonyl (C=O) groups is 1. The number of aromatic nitrogens is 2. The zero-order chi connectivity index (χ0) is 18.6. The van der Waals surface area contributed by atoms with Gasteiger partial charge in [-0.2, -0.15) is 5.10 Å². The molecule has 0 spiro atoms. The molecule has 1 aromatic heterocycles. The fourth-order valence-electron chi connectivity index (χ4n) is 3.97. The van der Waals surface area contributed by atoms with Gasteiger partial charge in [0.2, 0.25) is 0 Å². The molecule has 0 atom stereocenters. The van der Waals surface area contributed by atoms with E-state index in [1.807, 2.05) is 27.8 Å². The Morgan fingerprint density at radius 2 is 1.89 bits per heavy atom. The summed E-state index contributed by atoms with van der Waals surface area (Å²) in [6.45, 7) is 5.65. The van der Waals surface area contributed by atoms with Crippen molar-refractivity contribution in [2.75, 3.05) is 19.6 Å². The minimum Gasteiger partial charge on any atom is -0.338 e. The van der Waals surface area contributed by atoms with Crippen molar-refractivity contribution in [1.82, 2.24) is 20.0 Å². The van der Waals surface area contributed by atoms with Gasteiger partial charge in [-0.15, -0.1) is 0 Å². The van der Waals surface area contributed by atoms with Crippen LogP contribution in [-0.4, -0.2) is 46.3 Å². The summed E-state index contributed by atoms with van der Waals surface area (Å²) in [5.74, 6) is 1.05. The number of amides is 1. The fourth-order valence-corrected chi connectivity index (χ4v) is 3.97. The highest BCUT2D eigenvalue weighted by atomic mass is 16.2. The second kappa shape index (κ2) is 8.26. The lowest BCUT2D eigenvalue weighted by Crippen LogP contribution is -2.45. The van der Waals surface area contributed by atoms with Crippen molar-refractivity contribution in [2.24, 2.45) is 5.92 Å². The van der Waals surface area contributed by atoms with E-state index in [0.29, 0.717) is 12.6 Å². The van der Waals surface area contributed by atoms with E-state index in [1.165, 1.54) is 18.4 Å². The summed E-state index contributed by atoms with van der Waals surface area (Å²) < 4.78 is 1.98. The minimum atomic E-state index is 0.145. The van der Waals surface area contributed by atoms with Crippen molar-refractivity contribution in [3.05, 3.63) is 53.3 Å². The molecule has 5 nitrogen and oxygen atoms in total. The van der Waals surface area contributed by atoms with Gasteiger partial charge in [-0.25, -0.2) is 0 Å². The average Bonchev–Trinajstić information content (AvgIpc) is 3.46. The van der Waals surface area contributed by atoms with Crippen LogP contribution in [0.2, 0.25) is 0 Å². The van der Waals surface area contributed by atoms with E-state index in [1.54, 1.807) is 6.20 Å². The number of piperidine rings is 1. The SMILES string of the molecule is CCc1c(C(=O)N2CCC(NCC3CC3)CC2)cnn1Cc1ccccc1. The lowest BCUT2D eigenvalue weighted by Gasteiger charge is -2.32. The molecule has 1 saturated heterocycles. The van der Waals surface area contributed by atoms with Crippen molar-refractivity contribution >= 4 is 5.91 Å². The van der Waals surface area contributed by atoms with E-state index in [4.69, 9.17) is 0 Å². The van der Waals surface area contributed by atoms with Crippen molar-refractivity contribution < 1.29 is 4.79 Å². The number of likely N-dealkylation sites (tertiary alicyclic amines) is 1. The van der Waals surface area contributed by atoms with Crippen LogP contribution in [0.15, 0.2) is 36.5 Å². The van der Waals surface area contributed by atoms with Crippen LogP contribution >= 0.6 is 0 Å². The molecular formula is C22H30N4O. The number of rotatable bonds is 7. The number of nitrogens with one attached hydrogen (secondary N) is 1. The minimum absolute atomic E-state index is 0.145. The standard InChI is InChI=1S/C22H30N4O/c1-2-21-20(15-24-26(21)16-18-6-4-3-5-7-18)22(27)25-12-10-19(11-13-25)23-14-17-8-9-17/h3-7,15,17,19,23H,2,8-14,16H2,1H3. The molecule has 1 N–H and O–H groups in total. The molecule has 1 aliphatic carbocycles. The number of benzene rings is 1. The maximum absolute atomic E-state index is 13.1. The van der Waals surface area contributed by atoms with Crippen LogP contribution in [0.3, 0.4) is 0 Å². The molecule has 2 heterocycles. The second-order valence-electron chi connectivity index (χ2n) is 7.92. The van der Waals surface area contributed by atoms with Gasteiger partial charge in [-0.3, -0.25) is 9.48 Å². The van der Waals surface area contributed by atoms with E-state index in [-0.39, 0.29) is 5.91 Å². The third kappa shape index (κ3) is 4.41. The Morgan fingerprint density at radius 1 is 1.15 bits per heavy atom. The Morgan fingerprint density at radius 3 is 2.56 bits per heavy atom. The number of nitrogens with zero attached hydrogens (tertiary/aromatic N) is 3. The molecule has 1 aliphatic heterocycles. The molecule has 0 unspecified atom stereocenters. The fraction of sp³-hybridized carbons (Fsp3) is 0.545. The molecule has 1 amide bonds. The van der Waals surface area contributed by atoms with Crippen LogP contribution in [-0.2, 0) is 13.0 Å². The second-order valence-corrected chi connectivity index (χ2v) is 7.92. The van der Waals surface area contributed by atoms with Crippen molar-refractivity contribution in [3.63, 3.8) is 0 Å². The number of carbonyl (C=O) groups excluding carboxylic acids is 1. The summed E-state index contributed by atoms with van der Waals surface area (Å²) in [5, 5.41) is 8.21. The maximum atomic E-state index is 13.1. The Labute approximate surface area is 161 Å². The molecule has 2 fully saturated rings. The Balaban J connectivity index is 1.38. The molecule has 27 heavy (non-hydrogen) atoms. The van der Waals surface area contributed by atoms with E-state index >= 15 is 0 Å². The van der Waals surface area contributed by atoms with Gasteiger partial charge in [0.05, 0.1) is 24.0 Å². The van der Waals surface area contributed by atoms with E-state index in [0.717, 1.165) is 56.1 Å². The van der Waals surface area contributed by atoms with Crippen molar-refractivity contribution in [3.8, 4) is 0 Å². The molecule has 1 aromatic carbocycles. The number of hydrogen-bond donors (Lipinski definition) is 1. The molecule has 144 valence electrons. The molecule has 5 heteroatoms. The average molecular weight is 367 g/mol. The van der Waals surface area contributed by atoms with Gasteiger partial charge in [0, 0.05) is 19.1 Å². The third-order valence-electron chi connectivity index (χ3n) is 5.86. The Bertz CT molecular complexity index is 758. The summed E-state index contributed by atoms with van der Waals surface area (Å²) in [6.07, 6.45) is 7.46. The Hall–Kier alpha value is -2.14. The zero-order valence-electron chi connectivity index (χ0n) is 16.2. The smallest absolute Gasteiger partial charge is 0.257 e. The van der Waals surface area contributed by atoms with Crippen LogP contribution in [0.1, 0.15) is 54.2 Å². The highest BCUT2D eigenvalue weighted by Gasteiger charge is 2.28. The molecular weight excluding hydrogens is 336 g/mol. The molecule has 2 aliphatic rings. The van der Waals surface area contributed by atoms with E-state index in [2.05, 4.69) is 29.5 Å². The predicted octanol–water partition coefficient (Wildman–Crippen LogP) is 3.10. The maximum Gasteiger partial charge on any atom is 0.257 e. The summed E-state index contributed by atoms with van der Waals surface area (Å²) in [5.41, 5.74) is 3.02. The van der Waals surface area contributed by atoms with Gasteiger partial charge in [0.15, 0.2) is 0 Å². The van der Waals surface area contributed by atoms with E-state index < -0.39 is 0 Å². The monoisotopic (exact) mass is 366 g/mol. The lowest BCUT2D eigenvalue weighted by atomic mass is 10.0. The highest BCUT2D eigenvalue weighted by Crippen LogP contribution is 2.28. The van der Waals surface area contributed by atoms with Crippen LogP contribution in [0, 0.1) is 5.92 Å². The van der Waals surface area contributed by atoms with Crippen LogP contribution in [0.25, 0.3) is 0 Å². The van der Waals surface area contributed by atoms with Gasteiger partial charge in [0.1, 0.15) is 0 Å². The topological polar surface area (TPSA) is 50.2 Å². The highest BCUT2D eigenvalue weighted by molar-refractivity contribution is 5.95. The molecule has 4 rings (SSSR count). The quantitative estimate of drug-likeness (QED) is 0.819. The first-order valence-electron chi connectivity index (χ1n) is 10.4. The van der Waals surface area contributed by atoms with Gasteiger partial charge in [-0.1, -0.05) is 37.3 Å². The predicted molar refractivity (Wildman–Crippen MR) is 107 cm³/mol. The van der Waals surface area contributed by atoms with E-state index in [9.17, 15) is 4.79 Å². The first kappa shape index (κ1) is 18.2. The van der Waals surface area contributed by atoms with Crippen LogP contribution in [0.5, 0.6) is 0 Å². The third-order valence-corrected chi connectivity index (χ3v) is 5.86. The molecule has 0 radical (unpaired) electrons. The summed E-state index contributed by atoms with van der Waals surface area (Å²) in [7, 11) is 0.